The Morgan fingerprint density at radius 2 is 1.92 bits per heavy atom. The van der Waals surface area contributed by atoms with E-state index in [1.54, 1.807) is 6.26 Å². The summed E-state index contributed by atoms with van der Waals surface area (Å²) in [5.41, 5.74) is 2.06. The Hall–Kier alpha value is -1.79. The monoisotopic (exact) mass is 172 g/mol. The summed E-state index contributed by atoms with van der Waals surface area (Å²) in [7, 11) is 0. The molecule has 0 aliphatic carbocycles. The first kappa shape index (κ1) is 7.84. The SMILES string of the molecule is CC1=[N+]=C(c2ccccc2)C=CO1. The van der Waals surface area contributed by atoms with Crippen molar-refractivity contribution in [2.75, 3.05) is 0 Å². The van der Waals surface area contributed by atoms with Crippen LogP contribution in [0.15, 0.2) is 42.7 Å². The lowest BCUT2D eigenvalue weighted by atomic mass is 10.1. The Kier molecular flexibility index (Phi) is 1.99. The van der Waals surface area contributed by atoms with E-state index in [2.05, 4.69) is 4.67 Å². The van der Waals surface area contributed by atoms with Gasteiger partial charge < -0.3 is 4.74 Å². The largest absolute Gasteiger partial charge is 0.464 e. The Labute approximate surface area is 76.9 Å². The molecule has 64 valence electrons. The normalized spacial score (nSPS) is 14.5. The number of allylic oxidation sites excluding steroid dienone is 1. The standard InChI is InChI=1S/C11H10NO/c1-9-12-11(7-8-13-9)10-5-3-2-4-6-10/h2-8H,1H3/q+1. The number of rotatable bonds is 1. The maximum Gasteiger partial charge on any atom is 0.464 e. The van der Waals surface area contributed by atoms with Crippen molar-refractivity contribution in [1.82, 2.24) is 4.67 Å². The predicted molar refractivity (Wildman–Crippen MR) is 53.6 cm³/mol. The molecule has 0 atom stereocenters. The van der Waals surface area contributed by atoms with E-state index >= 15 is 0 Å². The van der Waals surface area contributed by atoms with Crippen LogP contribution >= 0.6 is 0 Å². The third kappa shape index (κ3) is 1.68. The van der Waals surface area contributed by atoms with Gasteiger partial charge in [-0.3, -0.25) is 0 Å². The van der Waals surface area contributed by atoms with Gasteiger partial charge in [0.25, 0.3) is 0 Å². The van der Waals surface area contributed by atoms with Crippen LogP contribution in [0.2, 0.25) is 0 Å². The second-order valence-corrected chi connectivity index (χ2v) is 2.80. The van der Waals surface area contributed by atoms with Crippen LogP contribution in [0, 0.1) is 0 Å². The molecule has 1 heterocycles. The third-order valence-corrected chi connectivity index (χ3v) is 1.81. The molecule has 2 rings (SSSR count). The third-order valence-electron chi connectivity index (χ3n) is 1.81. The van der Waals surface area contributed by atoms with E-state index in [0.29, 0.717) is 5.90 Å². The van der Waals surface area contributed by atoms with Crippen molar-refractivity contribution < 1.29 is 4.74 Å². The lowest BCUT2D eigenvalue weighted by molar-refractivity contribution is 0.465. The molecular formula is C11H10NO+. The van der Waals surface area contributed by atoms with Crippen LogP contribution in [0.1, 0.15) is 12.5 Å². The number of hydrogen-bond acceptors (Lipinski definition) is 1. The molecule has 2 heteroatoms. The fourth-order valence-corrected chi connectivity index (χ4v) is 1.20. The molecule has 0 amide bonds. The smallest absolute Gasteiger partial charge is 0.404 e. The highest BCUT2D eigenvalue weighted by Crippen LogP contribution is 2.01. The Morgan fingerprint density at radius 3 is 2.62 bits per heavy atom. The highest BCUT2D eigenvalue weighted by Gasteiger charge is 2.14. The first-order valence-corrected chi connectivity index (χ1v) is 4.17. The molecule has 1 aromatic rings. The van der Waals surface area contributed by atoms with Crippen molar-refractivity contribution in [3.05, 3.63) is 48.2 Å². The van der Waals surface area contributed by atoms with Crippen LogP contribution in [-0.2, 0) is 4.74 Å². The average molecular weight is 172 g/mol. The molecule has 0 saturated heterocycles. The van der Waals surface area contributed by atoms with Gasteiger partial charge in [0.2, 0.25) is 0 Å². The van der Waals surface area contributed by atoms with E-state index in [1.807, 2.05) is 43.3 Å². The second-order valence-electron chi connectivity index (χ2n) is 2.80. The molecule has 0 unspecified atom stereocenters. The van der Waals surface area contributed by atoms with Gasteiger partial charge in [0, 0.05) is 0 Å². The summed E-state index contributed by atoms with van der Waals surface area (Å²) in [4.78, 5) is 0. The molecule has 0 bridgehead atoms. The van der Waals surface area contributed by atoms with Crippen molar-refractivity contribution in [3.8, 4) is 0 Å². The molecule has 1 aliphatic heterocycles. The molecule has 0 N–H and O–H groups in total. The Balaban J connectivity index is 2.48. The van der Waals surface area contributed by atoms with Gasteiger partial charge in [0.15, 0.2) is 0 Å². The number of ether oxygens (including phenoxy) is 1. The van der Waals surface area contributed by atoms with Crippen molar-refractivity contribution >= 4 is 11.6 Å². The van der Waals surface area contributed by atoms with E-state index in [-0.39, 0.29) is 0 Å². The van der Waals surface area contributed by atoms with Gasteiger partial charge in [0.1, 0.15) is 6.26 Å². The molecule has 0 spiro atoms. The van der Waals surface area contributed by atoms with Gasteiger partial charge >= 0.3 is 11.6 Å². The Bertz CT molecular complexity index is 397. The quantitative estimate of drug-likeness (QED) is 0.589. The molecule has 1 aromatic carbocycles. The summed E-state index contributed by atoms with van der Waals surface area (Å²) in [6, 6.07) is 10.0. The number of benzene rings is 1. The van der Waals surface area contributed by atoms with E-state index in [9.17, 15) is 0 Å². The van der Waals surface area contributed by atoms with Crippen molar-refractivity contribution in [2.24, 2.45) is 0 Å². The fourth-order valence-electron chi connectivity index (χ4n) is 1.20. The lowest BCUT2D eigenvalue weighted by Gasteiger charge is -1.93. The lowest BCUT2D eigenvalue weighted by Crippen LogP contribution is -2.11. The second kappa shape index (κ2) is 3.30. The van der Waals surface area contributed by atoms with Gasteiger partial charge in [0.05, 0.1) is 18.6 Å². The van der Waals surface area contributed by atoms with Crippen molar-refractivity contribution in [3.63, 3.8) is 0 Å². The van der Waals surface area contributed by atoms with Gasteiger partial charge in [-0.2, -0.15) is 0 Å². The van der Waals surface area contributed by atoms with Crippen molar-refractivity contribution in [2.45, 2.75) is 6.92 Å². The summed E-state index contributed by atoms with van der Waals surface area (Å²) in [5.74, 6) is 0.682. The van der Waals surface area contributed by atoms with Crippen LogP contribution in [0.25, 0.3) is 0 Å². The molecule has 2 nitrogen and oxygen atoms in total. The minimum absolute atomic E-state index is 0.682. The maximum absolute atomic E-state index is 5.08. The predicted octanol–water partition coefficient (Wildman–Crippen LogP) is 1.51. The van der Waals surface area contributed by atoms with E-state index in [1.165, 1.54) is 0 Å². The topological polar surface area (TPSA) is 23.3 Å². The van der Waals surface area contributed by atoms with Gasteiger partial charge in [-0.05, 0) is 16.8 Å². The molecule has 0 saturated carbocycles. The minimum Gasteiger partial charge on any atom is -0.404 e. The van der Waals surface area contributed by atoms with Crippen molar-refractivity contribution in [1.29, 1.82) is 0 Å². The highest BCUT2D eigenvalue weighted by atomic mass is 16.5. The first-order valence-electron chi connectivity index (χ1n) is 4.17. The number of nitrogens with zero attached hydrogens (tertiary/aromatic N) is 1. The molecule has 13 heavy (non-hydrogen) atoms. The summed E-state index contributed by atoms with van der Waals surface area (Å²) in [6.45, 7) is 1.84. The summed E-state index contributed by atoms with van der Waals surface area (Å²) in [5, 5.41) is 0. The van der Waals surface area contributed by atoms with Gasteiger partial charge in [-0.15, -0.1) is 0 Å². The summed E-state index contributed by atoms with van der Waals surface area (Å²) >= 11 is 0. The molecule has 0 aromatic heterocycles. The van der Waals surface area contributed by atoms with Crippen LogP contribution in [-0.4, -0.2) is 11.6 Å². The molecule has 0 fully saturated rings. The fraction of sp³-hybridized carbons (Fsp3) is 0.0909. The summed E-state index contributed by atoms with van der Waals surface area (Å²) < 4.78 is 9.35. The minimum atomic E-state index is 0.682. The van der Waals surface area contributed by atoms with Crippen LogP contribution in [0.5, 0.6) is 0 Å². The van der Waals surface area contributed by atoms with E-state index in [0.717, 1.165) is 11.3 Å². The highest BCUT2D eigenvalue weighted by molar-refractivity contribution is 6.10. The molecule has 1 aliphatic rings. The number of hydrogen-bond donors (Lipinski definition) is 0. The molecule has 0 radical (unpaired) electrons. The zero-order valence-corrected chi connectivity index (χ0v) is 7.40. The van der Waals surface area contributed by atoms with Gasteiger partial charge in [-0.1, -0.05) is 18.2 Å². The first-order chi connectivity index (χ1) is 6.36. The average Bonchev–Trinajstić information content (AvgIpc) is 2.19. The van der Waals surface area contributed by atoms with E-state index in [4.69, 9.17) is 4.74 Å². The van der Waals surface area contributed by atoms with Crippen LogP contribution in [0.3, 0.4) is 0 Å². The maximum atomic E-state index is 5.08. The molecular weight excluding hydrogens is 162 g/mol. The van der Waals surface area contributed by atoms with Crippen LogP contribution in [0.4, 0.5) is 0 Å². The zero-order valence-electron chi connectivity index (χ0n) is 7.40. The van der Waals surface area contributed by atoms with Gasteiger partial charge in [-0.25, -0.2) is 0 Å². The zero-order chi connectivity index (χ0) is 9.10. The van der Waals surface area contributed by atoms with E-state index < -0.39 is 0 Å². The van der Waals surface area contributed by atoms with Crippen LogP contribution < -0.4 is 4.67 Å². The Morgan fingerprint density at radius 1 is 1.15 bits per heavy atom. The summed E-state index contributed by atoms with van der Waals surface area (Å²) in [6.07, 6.45) is 3.52.